The van der Waals surface area contributed by atoms with Crippen molar-refractivity contribution in [2.45, 2.75) is 45.2 Å². The minimum absolute atomic E-state index is 0.163. The van der Waals surface area contributed by atoms with E-state index in [1.165, 1.54) is 9.44 Å². The van der Waals surface area contributed by atoms with Gasteiger partial charge in [-0.3, -0.25) is 13.9 Å². The molecule has 2 aromatic heterocycles. The quantitative estimate of drug-likeness (QED) is 0.396. The summed E-state index contributed by atoms with van der Waals surface area (Å²) in [6.07, 6.45) is 4.65. The van der Waals surface area contributed by atoms with Crippen LogP contribution >= 0.6 is 11.3 Å². The predicted molar refractivity (Wildman–Crippen MR) is 136 cm³/mol. The molecule has 6 nitrogen and oxygen atoms in total. The second-order valence-electron chi connectivity index (χ2n) is 8.64. The highest BCUT2D eigenvalue weighted by atomic mass is 32.1. The summed E-state index contributed by atoms with van der Waals surface area (Å²) in [5.74, 6) is 1.29. The second-order valence-corrected chi connectivity index (χ2v) is 9.73. The van der Waals surface area contributed by atoms with Crippen LogP contribution in [0.5, 0.6) is 11.5 Å². The number of fused-ring (bicyclic) bond motifs is 3. The van der Waals surface area contributed by atoms with Crippen molar-refractivity contribution in [3.63, 3.8) is 0 Å². The van der Waals surface area contributed by atoms with Gasteiger partial charge in [0.15, 0.2) is 11.5 Å². The number of aryl methyl sites for hydroxylation is 3. The minimum atomic E-state index is -0.250. The molecule has 1 aliphatic rings. The molecule has 0 saturated carbocycles. The summed E-state index contributed by atoms with van der Waals surface area (Å²) in [4.78, 5) is 29.4. The number of thiophene rings is 1. The number of benzene rings is 2. The summed E-state index contributed by atoms with van der Waals surface area (Å²) in [6.45, 7) is 0.759. The van der Waals surface area contributed by atoms with Crippen molar-refractivity contribution in [3.05, 3.63) is 90.9 Å². The largest absolute Gasteiger partial charge is 0.493 e. The molecule has 2 heterocycles. The summed E-state index contributed by atoms with van der Waals surface area (Å²) in [6, 6.07) is 15.7. The van der Waals surface area contributed by atoms with E-state index in [4.69, 9.17) is 9.47 Å². The summed E-state index contributed by atoms with van der Waals surface area (Å²) in [5.41, 5.74) is 2.76. The molecule has 1 aliphatic carbocycles. The van der Waals surface area contributed by atoms with Gasteiger partial charge < -0.3 is 9.47 Å². The first-order chi connectivity index (χ1) is 16.6. The fourth-order valence-electron chi connectivity index (χ4n) is 4.80. The van der Waals surface area contributed by atoms with Crippen LogP contribution in [0, 0.1) is 0 Å². The van der Waals surface area contributed by atoms with E-state index < -0.39 is 0 Å². The molecule has 34 heavy (non-hydrogen) atoms. The van der Waals surface area contributed by atoms with Crippen LogP contribution in [-0.4, -0.2) is 23.4 Å². The fourth-order valence-corrected chi connectivity index (χ4v) is 6.17. The standard InChI is InChI=1S/C27H28N2O4S/c1-32-21-13-12-18(16-22(21)33-2)14-15-28-25(30)24-20-10-6-7-11-23(20)34-26(24)29(27(28)31)17-19-8-4-3-5-9-19/h3-5,8-9,12-13,16H,6-7,10-11,14-15,17H2,1-2H3. The molecular formula is C27H28N2O4S. The van der Waals surface area contributed by atoms with Gasteiger partial charge in [-0.2, -0.15) is 0 Å². The Balaban J connectivity index is 1.60. The Bertz CT molecular complexity index is 1450. The van der Waals surface area contributed by atoms with Gasteiger partial charge in [0, 0.05) is 11.4 Å². The van der Waals surface area contributed by atoms with Crippen molar-refractivity contribution in [2.75, 3.05) is 14.2 Å². The Kier molecular flexibility index (Phi) is 6.28. The zero-order valence-corrected chi connectivity index (χ0v) is 20.3. The molecule has 0 unspecified atom stereocenters. The van der Waals surface area contributed by atoms with E-state index >= 15 is 0 Å². The van der Waals surface area contributed by atoms with Crippen LogP contribution in [0.25, 0.3) is 10.2 Å². The highest BCUT2D eigenvalue weighted by Crippen LogP contribution is 2.34. The highest BCUT2D eigenvalue weighted by Gasteiger charge is 2.23. The van der Waals surface area contributed by atoms with Crippen molar-refractivity contribution >= 4 is 21.6 Å². The van der Waals surface area contributed by atoms with E-state index in [0.717, 1.165) is 52.6 Å². The van der Waals surface area contributed by atoms with Crippen LogP contribution in [0.2, 0.25) is 0 Å². The van der Waals surface area contributed by atoms with Gasteiger partial charge >= 0.3 is 5.69 Å². The van der Waals surface area contributed by atoms with Crippen molar-refractivity contribution < 1.29 is 9.47 Å². The van der Waals surface area contributed by atoms with Gasteiger partial charge in [0.1, 0.15) is 4.83 Å². The van der Waals surface area contributed by atoms with Crippen LogP contribution in [0.4, 0.5) is 0 Å². The summed E-state index contributed by atoms with van der Waals surface area (Å²) in [5, 5.41) is 0.738. The number of methoxy groups -OCH3 is 2. The lowest BCUT2D eigenvalue weighted by Gasteiger charge is -2.14. The first kappa shape index (κ1) is 22.5. The van der Waals surface area contributed by atoms with E-state index in [2.05, 4.69) is 0 Å². The molecule has 0 N–H and O–H groups in total. The maximum absolute atomic E-state index is 13.7. The molecule has 176 valence electrons. The molecule has 0 saturated heterocycles. The van der Waals surface area contributed by atoms with Gasteiger partial charge in [-0.15, -0.1) is 11.3 Å². The summed E-state index contributed by atoms with van der Waals surface area (Å²) >= 11 is 1.63. The number of hydrogen-bond acceptors (Lipinski definition) is 5. The van der Waals surface area contributed by atoms with Crippen LogP contribution in [0.1, 0.15) is 34.4 Å². The zero-order chi connectivity index (χ0) is 23.7. The van der Waals surface area contributed by atoms with Gasteiger partial charge in [-0.25, -0.2) is 4.79 Å². The van der Waals surface area contributed by atoms with E-state index in [1.54, 1.807) is 30.1 Å². The van der Waals surface area contributed by atoms with Crippen molar-refractivity contribution in [1.82, 2.24) is 9.13 Å². The molecule has 0 atom stereocenters. The van der Waals surface area contributed by atoms with E-state index in [-0.39, 0.29) is 11.2 Å². The topological polar surface area (TPSA) is 62.5 Å². The molecule has 0 aliphatic heterocycles. The monoisotopic (exact) mass is 476 g/mol. The SMILES string of the molecule is COc1ccc(CCn2c(=O)c3c4c(sc3n(Cc3ccccc3)c2=O)CCCC4)cc1OC. The van der Waals surface area contributed by atoms with Crippen LogP contribution < -0.4 is 20.7 Å². The number of hydrogen-bond donors (Lipinski definition) is 0. The molecular weight excluding hydrogens is 448 g/mol. The third kappa shape index (κ3) is 4.05. The fraction of sp³-hybridized carbons (Fsp3) is 0.333. The maximum Gasteiger partial charge on any atom is 0.332 e. The highest BCUT2D eigenvalue weighted by molar-refractivity contribution is 7.18. The third-order valence-corrected chi connectivity index (χ3v) is 7.89. The lowest BCUT2D eigenvalue weighted by atomic mass is 9.97. The average molecular weight is 477 g/mol. The van der Waals surface area contributed by atoms with Gasteiger partial charge in [-0.1, -0.05) is 36.4 Å². The Morgan fingerprint density at radius 2 is 1.65 bits per heavy atom. The molecule has 0 amide bonds. The maximum atomic E-state index is 13.7. The van der Waals surface area contributed by atoms with Gasteiger partial charge in [0.25, 0.3) is 5.56 Å². The summed E-state index contributed by atoms with van der Waals surface area (Å²) in [7, 11) is 3.20. The number of ether oxygens (including phenoxy) is 2. The molecule has 7 heteroatoms. The normalized spacial score (nSPS) is 13.1. The lowest BCUT2D eigenvalue weighted by Crippen LogP contribution is -2.40. The second kappa shape index (κ2) is 9.50. The first-order valence-corrected chi connectivity index (χ1v) is 12.4. The van der Waals surface area contributed by atoms with Crippen molar-refractivity contribution in [2.24, 2.45) is 0 Å². The average Bonchev–Trinajstić information content (AvgIpc) is 3.26. The smallest absolute Gasteiger partial charge is 0.332 e. The Morgan fingerprint density at radius 1 is 0.882 bits per heavy atom. The van der Waals surface area contributed by atoms with Gasteiger partial charge in [0.2, 0.25) is 0 Å². The Labute approximate surface area is 202 Å². The van der Waals surface area contributed by atoms with E-state index in [0.29, 0.717) is 31.0 Å². The van der Waals surface area contributed by atoms with Gasteiger partial charge in [0.05, 0.1) is 26.2 Å². The molecule has 0 bridgehead atoms. The molecule has 0 radical (unpaired) electrons. The number of nitrogens with zero attached hydrogens (tertiary/aromatic N) is 2. The van der Waals surface area contributed by atoms with E-state index in [9.17, 15) is 9.59 Å². The molecule has 5 rings (SSSR count). The summed E-state index contributed by atoms with van der Waals surface area (Å²) < 4.78 is 14.0. The minimum Gasteiger partial charge on any atom is -0.493 e. The zero-order valence-electron chi connectivity index (χ0n) is 19.5. The first-order valence-electron chi connectivity index (χ1n) is 11.6. The molecule has 4 aromatic rings. The van der Waals surface area contributed by atoms with Crippen LogP contribution in [0.3, 0.4) is 0 Å². The number of aromatic nitrogens is 2. The van der Waals surface area contributed by atoms with Crippen molar-refractivity contribution in [1.29, 1.82) is 0 Å². The Morgan fingerprint density at radius 3 is 2.41 bits per heavy atom. The Hall–Kier alpha value is -3.32. The van der Waals surface area contributed by atoms with Crippen LogP contribution in [0.15, 0.2) is 58.1 Å². The molecule has 0 spiro atoms. The number of rotatable bonds is 7. The molecule has 2 aromatic carbocycles. The third-order valence-electron chi connectivity index (χ3n) is 6.57. The van der Waals surface area contributed by atoms with Gasteiger partial charge in [-0.05, 0) is 60.9 Å². The van der Waals surface area contributed by atoms with Crippen LogP contribution in [-0.2, 0) is 32.4 Å². The van der Waals surface area contributed by atoms with Crippen molar-refractivity contribution in [3.8, 4) is 11.5 Å². The molecule has 0 fully saturated rings. The lowest BCUT2D eigenvalue weighted by molar-refractivity contribution is 0.354. The van der Waals surface area contributed by atoms with E-state index in [1.807, 2.05) is 48.5 Å². The predicted octanol–water partition coefficient (Wildman–Crippen LogP) is 4.41.